The summed E-state index contributed by atoms with van der Waals surface area (Å²) >= 11 is 11.5. The molecular formula is C12H7BrClIO. The van der Waals surface area contributed by atoms with Crippen LogP contribution in [0.1, 0.15) is 0 Å². The Hall–Kier alpha value is -0.260. The minimum atomic E-state index is 0.672. The molecule has 0 heterocycles. The van der Waals surface area contributed by atoms with Crippen molar-refractivity contribution in [1.82, 2.24) is 0 Å². The van der Waals surface area contributed by atoms with E-state index in [1.165, 1.54) is 0 Å². The van der Waals surface area contributed by atoms with Gasteiger partial charge in [0.25, 0.3) is 0 Å². The summed E-state index contributed by atoms with van der Waals surface area (Å²) in [5, 5.41) is 0.672. The molecule has 0 saturated heterocycles. The fourth-order valence-corrected chi connectivity index (χ4v) is 2.20. The Labute approximate surface area is 121 Å². The molecule has 0 saturated carbocycles. The van der Waals surface area contributed by atoms with E-state index in [4.69, 9.17) is 16.3 Å². The van der Waals surface area contributed by atoms with E-state index in [0.29, 0.717) is 5.02 Å². The van der Waals surface area contributed by atoms with E-state index in [1.807, 2.05) is 42.5 Å². The van der Waals surface area contributed by atoms with Gasteiger partial charge in [0.1, 0.15) is 11.5 Å². The van der Waals surface area contributed by atoms with Gasteiger partial charge in [0.05, 0.1) is 3.57 Å². The van der Waals surface area contributed by atoms with Crippen molar-refractivity contribution in [1.29, 1.82) is 0 Å². The second-order valence-electron chi connectivity index (χ2n) is 3.13. The lowest BCUT2D eigenvalue weighted by atomic mass is 10.3. The van der Waals surface area contributed by atoms with E-state index in [9.17, 15) is 0 Å². The molecule has 0 amide bonds. The molecule has 1 nitrogen and oxygen atoms in total. The summed E-state index contributed by atoms with van der Waals surface area (Å²) in [5.41, 5.74) is 0. The first-order chi connectivity index (χ1) is 7.65. The van der Waals surface area contributed by atoms with Gasteiger partial charge in [-0.2, -0.15) is 0 Å². The molecule has 0 spiro atoms. The number of hydrogen-bond acceptors (Lipinski definition) is 1. The first kappa shape index (κ1) is 12.2. The van der Waals surface area contributed by atoms with Crippen LogP contribution in [0.5, 0.6) is 11.5 Å². The van der Waals surface area contributed by atoms with Crippen LogP contribution in [-0.2, 0) is 0 Å². The second-order valence-corrected chi connectivity index (χ2v) is 5.65. The normalized spacial score (nSPS) is 10.2. The van der Waals surface area contributed by atoms with Gasteiger partial charge in [0, 0.05) is 15.6 Å². The van der Waals surface area contributed by atoms with E-state index >= 15 is 0 Å². The minimum absolute atomic E-state index is 0.672. The summed E-state index contributed by atoms with van der Waals surface area (Å²) in [7, 11) is 0. The highest BCUT2D eigenvalue weighted by atomic mass is 127. The van der Waals surface area contributed by atoms with E-state index in [-0.39, 0.29) is 0 Å². The Morgan fingerprint density at radius 2 is 1.94 bits per heavy atom. The summed E-state index contributed by atoms with van der Waals surface area (Å²) in [6, 6.07) is 13.3. The smallest absolute Gasteiger partial charge is 0.142 e. The average Bonchev–Trinajstić information content (AvgIpc) is 2.24. The van der Waals surface area contributed by atoms with Gasteiger partial charge in [-0.25, -0.2) is 0 Å². The van der Waals surface area contributed by atoms with Crippen molar-refractivity contribution in [2.24, 2.45) is 0 Å². The van der Waals surface area contributed by atoms with Gasteiger partial charge in [0.15, 0.2) is 0 Å². The number of hydrogen-bond donors (Lipinski definition) is 0. The highest BCUT2D eigenvalue weighted by Gasteiger charge is 2.03. The monoisotopic (exact) mass is 408 g/mol. The lowest BCUT2D eigenvalue weighted by molar-refractivity contribution is 0.479. The van der Waals surface area contributed by atoms with Crippen molar-refractivity contribution < 1.29 is 4.74 Å². The maximum Gasteiger partial charge on any atom is 0.142 e. The van der Waals surface area contributed by atoms with Gasteiger partial charge < -0.3 is 4.74 Å². The van der Waals surface area contributed by atoms with E-state index in [2.05, 4.69) is 38.5 Å². The topological polar surface area (TPSA) is 9.23 Å². The lowest BCUT2D eigenvalue weighted by Crippen LogP contribution is -1.87. The van der Waals surface area contributed by atoms with Crippen LogP contribution in [0, 0.1) is 3.57 Å². The van der Waals surface area contributed by atoms with Gasteiger partial charge in [-0.05, 0) is 52.9 Å². The number of ether oxygens (including phenoxy) is 1. The molecule has 2 aromatic carbocycles. The summed E-state index contributed by atoms with van der Waals surface area (Å²) < 4.78 is 7.77. The molecule has 0 aromatic heterocycles. The van der Waals surface area contributed by atoms with Crippen molar-refractivity contribution in [3.63, 3.8) is 0 Å². The van der Waals surface area contributed by atoms with E-state index in [1.54, 1.807) is 0 Å². The molecule has 0 N–H and O–H groups in total. The Balaban J connectivity index is 2.30. The third-order valence-corrected chi connectivity index (χ3v) is 3.54. The van der Waals surface area contributed by atoms with E-state index in [0.717, 1.165) is 19.5 Å². The van der Waals surface area contributed by atoms with Gasteiger partial charge in [-0.3, -0.25) is 0 Å². The third kappa shape index (κ3) is 3.12. The van der Waals surface area contributed by atoms with Crippen molar-refractivity contribution in [2.75, 3.05) is 0 Å². The highest BCUT2D eigenvalue weighted by Crippen LogP contribution is 2.30. The molecule has 2 aromatic rings. The van der Waals surface area contributed by atoms with Crippen molar-refractivity contribution in [3.05, 3.63) is 55.5 Å². The van der Waals surface area contributed by atoms with Gasteiger partial charge in [-0.1, -0.05) is 33.6 Å². The molecule has 0 unspecified atom stereocenters. The van der Waals surface area contributed by atoms with Crippen LogP contribution in [0.25, 0.3) is 0 Å². The average molecular weight is 409 g/mol. The fraction of sp³-hybridized carbons (Fsp3) is 0. The van der Waals surface area contributed by atoms with Crippen LogP contribution in [0.4, 0.5) is 0 Å². The molecule has 0 radical (unpaired) electrons. The molecular weight excluding hydrogens is 402 g/mol. The van der Waals surface area contributed by atoms with Crippen LogP contribution in [-0.4, -0.2) is 0 Å². The van der Waals surface area contributed by atoms with Crippen LogP contribution >= 0.6 is 50.1 Å². The maximum atomic E-state index is 5.92. The predicted octanol–water partition coefficient (Wildman–Crippen LogP) is 5.50. The zero-order chi connectivity index (χ0) is 11.5. The first-order valence-electron chi connectivity index (χ1n) is 4.53. The van der Waals surface area contributed by atoms with Crippen molar-refractivity contribution in [3.8, 4) is 11.5 Å². The molecule has 0 fully saturated rings. The third-order valence-electron chi connectivity index (χ3n) is 1.92. The molecule has 4 heteroatoms. The maximum absolute atomic E-state index is 5.92. The molecule has 2 rings (SSSR count). The minimum Gasteiger partial charge on any atom is -0.456 e. The van der Waals surface area contributed by atoms with Crippen molar-refractivity contribution >= 4 is 50.1 Å². The molecule has 0 aliphatic carbocycles. The van der Waals surface area contributed by atoms with Crippen LogP contribution < -0.4 is 4.74 Å². The standard InChI is InChI=1S/C12H7BrClIO/c13-8-2-1-3-10(6-8)16-12-7-9(14)4-5-11(12)15/h1-7H. The fourth-order valence-electron chi connectivity index (χ4n) is 1.21. The zero-order valence-electron chi connectivity index (χ0n) is 8.08. The molecule has 0 atom stereocenters. The Bertz CT molecular complexity index is 516. The Morgan fingerprint density at radius 1 is 1.12 bits per heavy atom. The molecule has 0 aliphatic rings. The van der Waals surface area contributed by atoms with Gasteiger partial charge >= 0.3 is 0 Å². The number of benzene rings is 2. The van der Waals surface area contributed by atoms with Gasteiger partial charge in [0.2, 0.25) is 0 Å². The molecule has 82 valence electrons. The van der Waals surface area contributed by atoms with Crippen molar-refractivity contribution in [2.45, 2.75) is 0 Å². The Kier molecular flexibility index (Phi) is 4.10. The van der Waals surface area contributed by atoms with Crippen LogP contribution in [0.2, 0.25) is 5.02 Å². The highest BCUT2D eigenvalue weighted by molar-refractivity contribution is 14.1. The molecule has 16 heavy (non-hydrogen) atoms. The molecule has 0 bridgehead atoms. The van der Waals surface area contributed by atoms with Crippen LogP contribution in [0.3, 0.4) is 0 Å². The Morgan fingerprint density at radius 3 is 2.69 bits per heavy atom. The summed E-state index contributed by atoms with van der Waals surface area (Å²) in [5.74, 6) is 1.56. The van der Waals surface area contributed by atoms with Gasteiger partial charge in [-0.15, -0.1) is 0 Å². The van der Waals surface area contributed by atoms with E-state index < -0.39 is 0 Å². The quantitative estimate of drug-likeness (QED) is 0.595. The largest absolute Gasteiger partial charge is 0.456 e. The summed E-state index contributed by atoms with van der Waals surface area (Å²) in [6.07, 6.45) is 0. The number of halogens is 3. The van der Waals surface area contributed by atoms with Crippen LogP contribution in [0.15, 0.2) is 46.9 Å². The summed E-state index contributed by atoms with van der Waals surface area (Å²) in [6.45, 7) is 0. The predicted molar refractivity (Wildman–Crippen MR) is 78.4 cm³/mol. The summed E-state index contributed by atoms with van der Waals surface area (Å²) in [4.78, 5) is 0. The lowest BCUT2D eigenvalue weighted by Gasteiger charge is -2.08. The SMILES string of the molecule is Clc1ccc(I)c(Oc2cccc(Br)c2)c1. The zero-order valence-corrected chi connectivity index (χ0v) is 12.6. The second kappa shape index (κ2) is 5.38. The molecule has 0 aliphatic heterocycles. The first-order valence-corrected chi connectivity index (χ1v) is 6.78. The number of rotatable bonds is 2.